The minimum atomic E-state index is 0.0391. The van der Waals surface area contributed by atoms with Crippen molar-refractivity contribution in [3.63, 3.8) is 0 Å². The van der Waals surface area contributed by atoms with Crippen molar-refractivity contribution in [3.05, 3.63) is 180 Å². The Morgan fingerprint density at radius 2 is 0.841 bits per heavy atom. The molecule has 0 bridgehead atoms. The number of rotatable bonds is 14. The average molecular weight is 1200 g/mol. The van der Waals surface area contributed by atoms with Crippen LogP contribution in [0.25, 0.3) is 43.6 Å². The first-order valence-corrected chi connectivity index (χ1v) is 29.6. The molecule has 5 N–H and O–H groups in total. The molecule has 0 aliphatic carbocycles. The van der Waals surface area contributed by atoms with Crippen molar-refractivity contribution < 1.29 is 24.1 Å². The van der Waals surface area contributed by atoms with E-state index in [9.17, 15) is 5.11 Å². The summed E-state index contributed by atoms with van der Waals surface area (Å²) in [6.07, 6.45) is 6.84. The molecular formula is C68H67IN8O5. The number of hydrogen-bond donors (Lipinski definition) is 5. The number of aromatic hydroxyl groups is 1. The van der Waals surface area contributed by atoms with Crippen LogP contribution in [-0.2, 0) is 25.7 Å². The van der Waals surface area contributed by atoms with Gasteiger partial charge in [0.15, 0.2) is 11.5 Å². The average Bonchev–Trinajstić information content (AvgIpc) is 4.48. The molecular weight excluding hydrogens is 1140 g/mol. The summed E-state index contributed by atoms with van der Waals surface area (Å²) in [5.74, 6) is 3.46. The number of ether oxygens (including phenoxy) is 4. The molecule has 8 heterocycles. The lowest BCUT2D eigenvalue weighted by Crippen LogP contribution is -2.21. The molecule has 416 valence electrons. The minimum absolute atomic E-state index is 0.0391. The molecule has 0 saturated carbocycles. The minimum Gasteiger partial charge on any atom is -0.504 e. The number of fused-ring (bicyclic) bond motifs is 12. The van der Waals surface area contributed by atoms with Crippen molar-refractivity contribution in [1.29, 1.82) is 0 Å². The molecule has 4 aliphatic heterocycles. The highest BCUT2D eigenvalue weighted by atomic mass is 127. The summed E-state index contributed by atoms with van der Waals surface area (Å²) in [7, 11) is 6.72. The van der Waals surface area contributed by atoms with Gasteiger partial charge in [-0.2, -0.15) is 0 Å². The molecule has 0 spiro atoms. The van der Waals surface area contributed by atoms with E-state index in [-0.39, 0.29) is 17.6 Å². The van der Waals surface area contributed by atoms with Crippen molar-refractivity contribution in [2.45, 2.75) is 77.0 Å². The maximum Gasteiger partial charge on any atom is 0.171 e. The van der Waals surface area contributed by atoms with E-state index >= 15 is 0 Å². The van der Waals surface area contributed by atoms with E-state index in [1.165, 1.54) is 71.7 Å². The fourth-order valence-corrected chi connectivity index (χ4v) is 14.0. The number of nitrogens with zero attached hydrogens (tertiary/aromatic N) is 4. The quantitative estimate of drug-likeness (QED) is 0.0682. The van der Waals surface area contributed by atoms with Crippen LogP contribution in [-0.4, -0.2) is 103 Å². The predicted molar refractivity (Wildman–Crippen MR) is 341 cm³/mol. The largest absolute Gasteiger partial charge is 0.504 e. The monoisotopic (exact) mass is 1200 g/mol. The lowest BCUT2D eigenvalue weighted by atomic mass is 9.84. The normalized spacial score (nSPS) is 15.3. The second-order valence-corrected chi connectivity index (χ2v) is 23.2. The van der Waals surface area contributed by atoms with Crippen LogP contribution >= 0.6 is 22.6 Å². The predicted octanol–water partition coefficient (Wildman–Crippen LogP) is 14.2. The number of H-pyrrole nitrogens is 4. The fraction of sp³-hybridized carbons (Fsp3) is 0.294. The van der Waals surface area contributed by atoms with E-state index < -0.39 is 0 Å². The van der Waals surface area contributed by atoms with Crippen molar-refractivity contribution >= 4 is 89.0 Å². The van der Waals surface area contributed by atoms with Gasteiger partial charge < -0.3 is 44.0 Å². The summed E-state index contributed by atoms with van der Waals surface area (Å²) in [5, 5.41) is 16.1. The molecule has 0 radical (unpaired) electrons. The Morgan fingerprint density at radius 1 is 0.451 bits per heavy atom. The van der Waals surface area contributed by atoms with Crippen molar-refractivity contribution in [2.24, 2.45) is 20.0 Å². The standard InChI is InChI=1S/C34H33IN4O3.C34H34N4O2/c1-18-4-6-22-24-10-12-36-28(32(24)38-26(22)14-18)15-19(21-8-9-30(42-3)34(40)31(21)35)16-29-33-25(11-13-37-29)23-7-5-20(41-2)17-27(23)39-33;1-20-7-9-25-27-11-13-35-31(33(27)37-29(25)15-20)17-22(21-5-4-6-23(16-21)39-2)18-32-34-28(12-14-36-32)26-10-8-24(40-3)19-30(26)38-34/h4-9,14,17,19,38-40H,10-13,15-16H2,1-3H3;4-10,15-16,19,22,37-38H,11-14,17-18H2,1-3H3. The summed E-state index contributed by atoms with van der Waals surface area (Å²) in [5.41, 5.74) is 23.8. The zero-order chi connectivity index (χ0) is 56.2. The molecule has 0 amide bonds. The van der Waals surface area contributed by atoms with Gasteiger partial charge in [-0.15, -0.1) is 0 Å². The number of hydrogen-bond acceptors (Lipinski definition) is 9. The molecule has 10 aromatic rings. The maximum atomic E-state index is 11.0. The maximum absolute atomic E-state index is 11.0. The van der Waals surface area contributed by atoms with Crippen molar-refractivity contribution in [3.8, 4) is 28.7 Å². The summed E-state index contributed by atoms with van der Waals surface area (Å²) in [6.45, 7) is 7.43. The summed E-state index contributed by atoms with van der Waals surface area (Å²) in [6, 6.07) is 38.3. The number of nitrogens with one attached hydrogen (secondary N) is 4. The van der Waals surface area contributed by atoms with Crippen LogP contribution in [0.3, 0.4) is 0 Å². The first kappa shape index (κ1) is 53.2. The number of aromatic nitrogens is 4. The number of benzene rings is 6. The molecule has 0 saturated heterocycles. The Labute approximate surface area is 490 Å². The third kappa shape index (κ3) is 9.91. The fourth-order valence-electron chi connectivity index (χ4n) is 13.2. The number of aliphatic imine (C=N–C) groups is 4. The molecule has 4 aromatic heterocycles. The van der Waals surface area contributed by atoms with Crippen LogP contribution in [0, 0.1) is 17.4 Å². The van der Waals surface area contributed by atoms with E-state index in [4.69, 9.17) is 38.9 Å². The number of halogens is 1. The van der Waals surface area contributed by atoms with E-state index in [0.29, 0.717) is 12.2 Å². The highest BCUT2D eigenvalue weighted by molar-refractivity contribution is 14.1. The molecule has 13 nitrogen and oxygen atoms in total. The lowest BCUT2D eigenvalue weighted by Gasteiger charge is -2.24. The smallest absolute Gasteiger partial charge is 0.171 e. The summed E-state index contributed by atoms with van der Waals surface area (Å²) < 4.78 is 22.8. The molecule has 2 atom stereocenters. The van der Waals surface area contributed by atoms with Gasteiger partial charge in [0.1, 0.15) is 17.2 Å². The van der Waals surface area contributed by atoms with Crippen LogP contribution < -0.4 is 18.9 Å². The van der Waals surface area contributed by atoms with Crippen LogP contribution in [0.4, 0.5) is 0 Å². The second kappa shape index (κ2) is 22.3. The van der Waals surface area contributed by atoms with Gasteiger partial charge in [-0.25, -0.2) is 0 Å². The van der Waals surface area contributed by atoms with Gasteiger partial charge in [-0.1, -0.05) is 42.5 Å². The Morgan fingerprint density at radius 3 is 1.26 bits per heavy atom. The molecule has 82 heavy (non-hydrogen) atoms. The molecule has 0 fully saturated rings. The SMILES string of the molecule is COc1ccc2c3c([nH]c2c1)C(CC(CC1=NCCc2c1[nH]c1cc(C)ccc21)c1ccc(OC)c(O)c1I)=NCC3.COc1cccc(C(CC2=NCCc3c2[nH]c2cc(C)ccc32)CC2=NCCc3c2[nH]c2cc(OC)ccc32)c1. The van der Waals surface area contributed by atoms with Gasteiger partial charge in [0, 0.05) is 81.9 Å². The zero-order valence-electron chi connectivity index (χ0n) is 47.3. The van der Waals surface area contributed by atoms with Crippen LogP contribution in [0.2, 0.25) is 0 Å². The molecule has 6 aromatic carbocycles. The number of phenolic OH excluding ortho intramolecular Hbond substituents is 1. The number of aromatic amines is 4. The van der Waals surface area contributed by atoms with Crippen LogP contribution in [0.15, 0.2) is 129 Å². The van der Waals surface area contributed by atoms with Gasteiger partial charge in [0.05, 0.1) is 77.6 Å². The van der Waals surface area contributed by atoms with Crippen molar-refractivity contribution in [1.82, 2.24) is 19.9 Å². The van der Waals surface area contributed by atoms with Crippen LogP contribution in [0.1, 0.15) is 105 Å². The third-order valence-corrected chi connectivity index (χ3v) is 18.4. The summed E-state index contributed by atoms with van der Waals surface area (Å²) >= 11 is 2.25. The Balaban J connectivity index is 0.000000154. The van der Waals surface area contributed by atoms with E-state index in [1.54, 1.807) is 28.4 Å². The number of phenols is 1. The van der Waals surface area contributed by atoms with Gasteiger partial charge in [0.25, 0.3) is 0 Å². The van der Waals surface area contributed by atoms with Crippen LogP contribution in [0.5, 0.6) is 28.7 Å². The summed E-state index contributed by atoms with van der Waals surface area (Å²) in [4.78, 5) is 35.1. The van der Waals surface area contributed by atoms with Gasteiger partial charge in [-0.3, -0.25) is 20.0 Å². The second-order valence-electron chi connectivity index (χ2n) is 22.2. The Kier molecular flexibility index (Phi) is 14.5. The Hall–Kier alpha value is -8.11. The number of aryl methyl sites for hydroxylation is 2. The molecule has 14 heteroatoms. The van der Waals surface area contributed by atoms with E-state index in [0.717, 1.165) is 154 Å². The molecule has 4 aliphatic rings. The van der Waals surface area contributed by atoms with Gasteiger partial charge >= 0.3 is 0 Å². The van der Waals surface area contributed by atoms with Gasteiger partial charge in [0.2, 0.25) is 0 Å². The third-order valence-electron chi connectivity index (χ3n) is 17.3. The zero-order valence-corrected chi connectivity index (χ0v) is 49.4. The Bertz CT molecular complexity index is 4270. The van der Waals surface area contributed by atoms with Gasteiger partial charge in [-0.05, 0) is 199 Å². The molecule has 14 rings (SSSR count). The van der Waals surface area contributed by atoms with Crippen molar-refractivity contribution in [2.75, 3.05) is 54.6 Å². The number of methoxy groups -OCH3 is 4. The highest BCUT2D eigenvalue weighted by Gasteiger charge is 2.31. The lowest BCUT2D eigenvalue weighted by molar-refractivity contribution is 0.371. The first-order chi connectivity index (χ1) is 40.1. The van der Waals surface area contributed by atoms with E-state index in [2.05, 4.69) is 141 Å². The first-order valence-electron chi connectivity index (χ1n) is 28.5. The topological polar surface area (TPSA) is 170 Å². The van der Waals surface area contributed by atoms with E-state index in [1.807, 2.05) is 24.3 Å². The molecule has 2 unspecified atom stereocenters. The highest BCUT2D eigenvalue weighted by Crippen LogP contribution is 2.43.